The molecule has 0 radical (unpaired) electrons. The number of aliphatic hydroxyl groups is 1. The van der Waals surface area contributed by atoms with Crippen LogP contribution in [-0.4, -0.2) is 23.7 Å². The van der Waals surface area contributed by atoms with Crippen LogP contribution in [0.25, 0.3) is 0 Å². The molecule has 0 aromatic carbocycles. The van der Waals surface area contributed by atoms with Crippen LogP contribution in [0.5, 0.6) is 0 Å². The van der Waals surface area contributed by atoms with Crippen molar-refractivity contribution in [3.05, 3.63) is 23.4 Å². The Morgan fingerprint density at radius 1 is 1.44 bits per heavy atom. The van der Waals surface area contributed by atoms with Crippen molar-refractivity contribution >= 4 is 5.82 Å². The minimum Gasteiger partial charge on any atom is -0.392 e. The fraction of sp³-hybridized carbons (Fsp3) is 0.615. The standard InChI is InChI=1S/C13H20N2O/c1-10-12(9-16)6-7-13(14-10)15(2)8-11-4-3-5-11/h6-7,11,16H,3-5,8-9H2,1-2H3. The van der Waals surface area contributed by atoms with E-state index < -0.39 is 0 Å². The summed E-state index contributed by atoms with van der Waals surface area (Å²) in [7, 11) is 2.10. The molecule has 3 heteroatoms. The molecule has 1 aromatic rings. The highest BCUT2D eigenvalue weighted by Gasteiger charge is 2.19. The molecule has 0 bridgehead atoms. The number of hydrogen-bond acceptors (Lipinski definition) is 3. The summed E-state index contributed by atoms with van der Waals surface area (Å²) in [5.41, 5.74) is 1.85. The van der Waals surface area contributed by atoms with E-state index in [1.165, 1.54) is 19.3 Å². The number of nitrogens with zero attached hydrogens (tertiary/aromatic N) is 2. The van der Waals surface area contributed by atoms with Crippen LogP contribution in [0.3, 0.4) is 0 Å². The molecule has 1 N–H and O–H groups in total. The van der Waals surface area contributed by atoms with Gasteiger partial charge in [-0.3, -0.25) is 0 Å². The van der Waals surface area contributed by atoms with Gasteiger partial charge in [-0.15, -0.1) is 0 Å². The van der Waals surface area contributed by atoms with Crippen LogP contribution in [0.4, 0.5) is 5.82 Å². The average Bonchev–Trinajstić information content (AvgIpc) is 2.23. The average molecular weight is 220 g/mol. The molecule has 1 aliphatic rings. The van der Waals surface area contributed by atoms with E-state index in [2.05, 4.69) is 16.9 Å². The third-order valence-corrected chi connectivity index (χ3v) is 3.50. The Bertz CT molecular complexity index is 361. The molecule has 16 heavy (non-hydrogen) atoms. The van der Waals surface area contributed by atoms with Crippen molar-refractivity contribution in [2.24, 2.45) is 5.92 Å². The maximum Gasteiger partial charge on any atom is 0.128 e. The van der Waals surface area contributed by atoms with E-state index in [4.69, 9.17) is 5.11 Å². The van der Waals surface area contributed by atoms with Gasteiger partial charge in [0.25, 0.3) is 0 Å². The van der Waals surface area contributed by atoms with Gasteiger partial charge in [-0.1, -0.05) is 12.5 Å². The molecule has 0 atom stereocenters. The number of aliphatic hydroxyl groups excluding tert-OH is 1. The highest BCUT2D eigenvalue weighted by molar-refractivity contribution is 5.40. The van der Waals surface area contributed by atoms with E-state index in [-0.39, 0.29) is 6.61 Å². The van der Waals surface area contributed by atoms with Crippen molar-refractivity contribution in [3.8, 4) is 0 Å². The van der Waals surface area contributed by atoms with Gasteiger partial charge < -0.3 is 10.0 Å². The van der Waals surface area contributed by atoms with Crippen LogP contribution >= 0.6 is 0 Å². The SMILES string of the molecule is Cc1nc(N(C)CC2CCC2)ccc1CO. The maximum absolute atomic E-state index is 9.09. The molecule has 1 aromatic heterocycles. The fourth-order valence-electron chi connectivity index (χ4n) is 2.11. The first-order valence-corrected chi connectivity index (χ1v) is 5.99. The first-order chi connectivity index (χ1) is 7.70. The van der Waals surface area contributed by atoms with Crippen LogP contribution in [0.2, 0.25) is 0 Å². The lowest BCUT2D eigenvalue weighted by atomic mass is 9.85. The molecule has 0 amide bonds. The van der Waals surface area contributed by atoms with Crippen LogP contribution < -0.4 is 4.90 Å². The van der Waals surface area contributed by atoms with Crippen molar-refractivity contribution in [1.82, 2.24) is 4.98 Å². The van der Waals surface area contributed by atoms with Gasteiger partial charge in [-0.2, -0.15) is 0 Å². The van der Waals surface area contributed by atoms with Gasteiger partial charge >= 0.3 is 0 Å². The molecule has 0 unspecified atom stereocenters. The smallest absolute Gasteiger partial charge is 0.128 e. The largest absolute Gasteiger partial charge is 0.392 e. The Kier molecular flexibility index (Phi) is 3.44. The van der Waals surface area contributed by atoms with E-state index in [1.54, 1.807) is 0 Å². The Labute approximate surface area is 97.1 Å². The van der Waals surface area contributed by atoms with Crippen LogP contribution in [0.15, 0.2) is 12.1 Å². The summed E-state index contributed by atoms with van der Waals surface area (Å²) in [6.07, 6.45) is 4.10. The summed E-state index contributed by atoms with van der Waals surface area (Å²) >= 11 is 0. The van der Waals surface area contributed by atoms with Gasteiger partial charge in [0.05, 0.1) is 6.61 Å². The highest BCUT2D eigenvalue weighted by atomic mass is 16.3. The molecule has 0 saturated heterocycles. The minimum atomic E-state index is 0.0749. The Morgan fingerprint density at radius 2 is 2.19 bits per heavy atom. The van der Waals surface area contributed by atoms with Gasteiger partial charge in [0.1, 0.15) is 5.82 Å². The molecule has 1 aliphatic carbocycles. The zero-order valence-electron chi connectivity index (χ0n) is 10.1. The zero-order chi connectivity index (χ0) is 11.5. The molecule has 0 spiro atoms. The molecule has 3 nitrogen and oxygen atoms in total. The van der Waals surface area contributed by atoms with E-state index in [0.29, 0.717) is 0 Å². The number of anilines is 1. The molecular weight excluding hydrogens is 200 g/mol. The summed E-state index contributed by atoms with van der Waals surface area (Å²) in [6, 6.07) is 3.96. The lowest BCUT2D eigenvalue weighted by molar-refractivity contribution is 0.280. The number of rotatable bonds is 4. The molecule has 88 valence electrons. The van der Waals surface area contributed by atoms with E-state index in [0.717, 1.165) is 29.5 Å². The predicted octanol–water partition coefficient (Wildman–Crippen LogP) is 2.12. The second-order valence-electron chi connectivity index (χ2n) is 4.75. The van der Waals surface area contributed by atoms with Gasteiger partial charge in [0, 0.05) is 19.3 Å². The Hall–Kier alpha value is -1.09. The lowest BCUT2D eigenvalue weighted by Crippen LogP contribution is -2.29. The van der Waals surface area contributed by atoms with Crippen LogP contribution in [0.1, 0.15) is 30.5 Å². The summed E-state index contributed by atoms with van der Waals surface area (Å²) < 4.78 is 0. The topological polar surface area (TPSA) is 36.4 Å². The molecule has 1 saturated carbocycles. The Balaban J connectivity index is 2.04. The molecule has 2 rings (SSSR count). The number of aryl methyl sites for hydroxylation is 1. The Morgan fingerprint density at radius 3 is 2.69 bits per heavy atom. The van der Waals surface area contributed by atoms with Gasteiger partial charge in [0.15, 0.2) is 0 Å². The quantitative estimate of drug-likeness (QED) is 0.844. The molecular formula is C13H20N2O. The number of pyridine rings is 1. The monoisotopic (exact) mass is 220 g/mol. The van der Waals surface area contributed by atoms with Crippen LogP contribution in [0, 0.1) is 12.8 Å². The van der Waals surface area contributed by atoms with Gasteiger partial charge in [0.2, 0.25) is 0 Å². The normalized spacial score (nSPS) is 15.9. The number of hydrogen-bond donors (Lipinski definition) is 1. The fourth-order valence-corrected chi connectivity index (χ4v) is 2.11. The molecule has 1 heterocycles. The second kappa shape index (κ2) is 4.83. The van der Waals surface area contributed by atoms with Crippen molar-refractivity contribution in [2.45, 2.75) is 32.8 Å². The second-order valence-corrected chi connectivity index (χ2v) is 4.75. The van der Waals surface area contributed by atoms with E-state index >= 15 is 0 Å². The van der Waals surface area contributed by atoms with Crippen LogP contribution in [-0.2, 0) is 6.61 Å². The third kappa shape index (κ3) is 2.35. The van der Waals surface area contributed by atoms with E-state index in [9.17, 15) is 0 Å². The third-order valence-electron chi connectivity index (χ3n) is 3.50. The van der Waals surface area contributed by atoms with Gasteiger partial charge in [-0.25, -0.2) is 4.98 Å². The molecule has 0 aliphatic heterocycles. The summed E-state index contributed by atoms with van der Waals surface area (Å²) in [5.74, 6) is 1.87. The first-order valence-electron chi connectivity index (χ1n) is 5.99. The zero-order valence-corrected chi connectivity index (χ0v) is 10.1. The van der Waals surface area contributed by atoms with Crippen molar-refractivity contribution < 1.29 is 5.11 Å². The molecule has 1 fully saturated rings. The maximum atomic E-state index is 9.09. The number of aromatic nitrogens is 1. The van der Waals surface area contributed by atoms with Gasteiger partial charge in [-0.05, 0) is 37.3 Å². The van der Waals surface area contributed by atoms with Crippen molar-refractivity contribution in [1.29, 1.82) is 0 Å². The predicted molar refractivity (Wildman–Crippen MR) is 65.5 cm³/mol. The van der Waals surface area contributed by atoms with Crippen molar-refractivity contribution in [3.63, 3.8) is 0 Å². The summed E-state index contributed by atoms with van der Waals surface area (Å²) in [4.78, 5) is 6.74. The summed E-state index contributed by atoms with van der Waals surface area (Å²) in [6.45, 7) is 3.13. The minimum absolute atomic E-state index is 0.0749. The first kappa shape index (κ1) is 11.4. The van der Waals surface area contributed by atoms with Crippen molar-refractivity contribution in [2.75, 3.05) is 18.5 Å². The van der Waals surface area contributed by atoms with E-state index in [1.807, 2.05) is 19.1 Å². The highest BCUT2D eigenvalue weighted by Crippen LogP contribution is 2.28. The lowest BCUT2D eigenvalue weighted by Gasteiger charge is -2.30. The summed E-state index contributed by atoms with van der Waals surface area (Å²) in [5, 5.41) is 9.09.